The van der Waals surface area contributed by atoms with Crippen molar-refractivity contribution in [1.82, 2.24) is 4.90 Å². The predicted molar refractivity (Wildman–Crippen MR) is 49.4 cm³/mol. The number of hydrogen-bond acceptors (Lipinski definition) is 1. The molecule has 11 heavy (non-hydrogen) atoms. The third-order valence-corrected chi connectivity index (χ3v) is 1.17. The van der Waals surface area contributed by atoms with E-state index in [0.29, 0.717) is 5.84 Å². The zero-order valence-electron chi connectivity index (χ0n) is 6.88. The molecule has 0 aromatic heterocycles. The molecule has 60 valence electrons. The van der Waals surface area contributed by atoms with Gasteiger partial charge in [0.25, 0.3) is 0 Å². The van der Waals surface area contributed by atoms with Gasteiger partial charge in [-0.3, -0.25) is 5.41 Å². The van der Waals surface area contributed by atoms with Gasteiger partial charge in [-0.1, -0.05) is 26.2 Å². The quantitative estimate of drug-likeness (QED) is 0.484. The summed E-state index contributed by atoms with van der Waals surface area (Å²) in [6.45, 7) is 9.10. The van der Waals surface area contributed by atoms with Gasteiger partial charge < -0.3 is 4.90 Å². The Kier molecular flexibility index (Phi) is 4.82. The van der Waals surface area contributed by atoms with Crippen LogP contribution in [0.2, 0.25) is 0 Å². The molecule has 1 N–H and O–H groups in total. The van der Waals surface area contributed by atoms with Crippen molar-refractivity contribution in [2.45, 2.75) is 13.3 Å². The van der Waals surface area contributed by atoms with E-state index in [1.54, 1.807) is 17.3 Å². The second kappa shape index (κ2) is 5.47. The van der Waals surface area contributed by atoms with E-state index in [0.717, 1.165) is 6.42 Å². The molecule has 0 spiro atoms. The molecule has 0 saturated heterocycles. The molecule has 0 aliphatic rings. The highest BCUT2D eigenvalue weighted by atomic mass is 15.1. The zero-order valence-corrected chi connectivity index (χ0v) is 6.88. The Labute approximate surface area is 68.0 Å². The normalized spacial score (nSPS) is 9.55. The van der Waals surface area contributed by atoms with Crippen molar-refractivity contribution in [3.05, 3.63) is 37.7 Å². The van der Waals surface area contributed by atoms with Crippen LogP contribution in [0.1, 0.15) is 13.3 Å². The molecule has 0 aliphatic heterocycles. The maximum absolute atomic E-state index is 7.36. The van der Waals surface area contributed by atoms with Gasteiger partial charge in [-0.25, -0.2) is 0 Å². The molecular weight excluding hydrogens is 136 g/mol. The summed E-state index contributed by atoms with van der Waals surface area (Å²) in [4.78, 5) is 1.61. The monoisotopic (exact) mass is 150 g/mol. The number of allylic oxidation sites excluding steroid dienone is 1. The smallest absolute Gasteiger partial charge is 0.128 e. The van der Waals surface area contributed by atoms with Gasteiger partial charge >= 0.3 is 0 Å². The van der Waals surface area contributed by atoms with E-state index >= 15 is 0 Å². The van der Waals surface area contributed by atoms with Crippen LogP contribution >= 0.6 is 0 Å². The van der Waals surface area contributed by atoms with Crippen molar-refractivity contribution >= 4 is 5.84 Å². The highest BCUT2D eigenvalue weighted by molar-refractivity contribution is 5.91. The van der Waals surface area contributed by atoms with Gasteiger partial charge in [-0.2, -0.15) is 0 Å². The van der Waals surface area contributed by atoms with Crippen LogP contribution in [-0.2, 0) is 0 Å². The van der Waals surface area contributed by atoms with Gasteiger partial charge in [0.05, 0.1) is 0 Å². The Morgan fingerprint density at radius 2 is 2.18 bits per heavy atom. The van der Waals surface area contributed by atoms with Crippen molar-refractivity contribution in [3.63, 3.8) is 0 Å². The predicted octanol–water partition coefficient (Wildman–Crippen LogP) is 2.52. The summed E-state index contributed by atoms with van der Waals surface area (Å²) in [5.41, 5.74) is 0. The largest absolute Gasteiger partial charge is 0.310 e. The molecule has 0 bridgehead atoms. The summed E-state index contributed by atoms with van der Waals surface area (Å²) in [6, 6.07) is 0. The summed E-state index contributed by atoms with van der Waals surface area (Å²) in [5.74, 6) is 0.338. The van der Waals surface area contributed by atoms with E-state index in [-0.39, 0.29) is 0 Å². The third-order valence-electron chi connectivity index (χ3n) is 1.17. The van der Waals surface area contributed by atoms with E-state index in [1.165, 1.54) is 6.08 Å². The number of amidine groups is 1. The molecule has 0 atom stereocenters. The maximum Gasteiger partial charge on any atom is 0.128 e. The third kappa shape index (κ3) is 3.40. The lowest BCUT2D eigenvalue weighted by Crippen LogP contribution is -2.15. The minimum atomic E-state index is 0.338. The van der Waals surface area contributed by atoms with Gasteiger partial charge in [-0.15, -0.1) is 0 Å². The molecule has 0 aromatic rings. The van der Waals surface area contributed by atoms with Crippen LogP contribution in [0.25, 0.3) is 0 Å². The van der Waals surface area contributed by atoms with Gasteiger partial charge in [0.1, 0.15) is 5.84 Å². The lowest BCUT2D eigenvalue weighted by atomic mass is 10.4. The van der Waals surface area contributed by atoms with Crippen LogP contribution in [-0.4, -0.2) is 10.7 Å². The number of nitrogens with one attached hydrogen (secondary N) is 1. The van der Waals surface area contributed by atoms with Crippen molar-refractivity contribution in [2.75, 3.05) is 0 Å². The molecule has 0 unspecified atom stereocenters. The zero-order chi connectivity index (χ0) is 8.69. The van der Waals surface area contributed by atoms with Crippen molar-refractivity contribution < 1.29 is 0 Å². The molecule has 0 aromatic carbocycles. The molecule has 0 radical (unpaired) electrons. The summed E-state index contributed by atoms with van der Waals surface area (Å²) in [7, 11) is 0. The van der Waals surface area contributed by atoms with Crippen molar-refractivity contribution in [3.8, 4) is 0 Å². The fourth-order valence-corrected chi connectivity index (χ4v) is 0.564. The summed E-state index contributed by atoms with van der Waals surface area (Å²) < 4.78 is 0. The highest BCUT2D eigenvalue weighted by Gasteiger charge is 1.94. The first kappa shape index (κ1) is 9.69. The average Bonchev–Trinajstić information content (AvgIpc) is 2.05. The highest BCUT2D eigenvalue weighted by Crippen LogP contribution is 1.94. The van der Waals surface area contributed by atoms with Crippen LogP contribution in [0.4, 0.5) is 0 Å². The van der Waals surface area contributed by atoms with Gasteiger partial charge in [0.15, 0.2) is 0 Å². The van der Waals surface area contributed by atoms with E-state index in [9.17, 15) is 0 Å². The van der Waals surface area contributed by atoms with Gasteiger partial charge in [-0.05, 0) is 12.5 Å². The molecule has 0 amide bonds. The Bertz CT molecular complexity index is 180. The Morgan fingerprint density at radius 3 is 2.55 bits per heavy atom. The first-order chi connectivity index (χ1) is 5.26. The molecule has 2 heteroatoms. The Morgan fingerprint density at radius 1 is 1.55 bits per heavy atom. The van der Waals surface area contributed by atoms with E-state index in [1.807, 2.05) is 13.0 Å². The Hall–Kier alpha value is -1.31. The van der Waals surface area contributed by atoms with Crippen molar-refractivity contribution in [2.24, 2.45) is 0 Å². The van der Waals surface area contributed by atoms with E-state index < -0.39 is 0 Å². The Balaban J connectivity index is 4.16. The number of nitrogens with zero attached hydrogens (tertiary/aromatic N) is 1. The molecule has 0 heterocycles. The summed E-state index contributed by atoms with van der Waals surface area (Å²) >= 11 is 0. The molecule has 0 rings (SSSR count). The summed E-state index contributed by atoms with van der Waals surface area (Å²) in [5, 5.41) is 7.36. The molecular formula is C9H14N2. The second-order valence-corrected chi connectivity index (χ2v) is 1.97. The fourth-order valence-electron chi connectivity index (χ4n) is 0.564. The van der Waals surface area contributed by atoms with Crippen LogP contribution in [0.15, 0.2) is 37.7 Å². The second-order valence-electron chi connectivity index (χ2n) is 1.97. The van der Waals surface area contributed by atoms with Gasteiger partial charge in [0.2, 0.25) is 0 Å². The SMILES string of the molecule is C=CC(=N)N(C=C)/C=C\CC. The van der Waals surface area contributed by atoms with E-state index in [2.05, 4.69) is 13.2 Å². The fraction of sp³-hybridized carbons (Fsp3) is 0.222. The minimum Gasteiger partial charge on any atom is -0.310 e. The first-order valence-corrected chi connectivity index (χ1v) is 3.54. The molecule has 0 saturated carbocycles. The number of rotatable bonds is 4. The van der Waals surface area contributed by atoms with Gasteiger partial charge in [0, 0.05) is 12.4 Å². The van der Waals surface area contributed by atoms with Crippen LogP contribution in [0, 0.1) is 5.41 Å². The lowest BCUT2D eigenvalue weighted by Gasteiger charge is -2.11. The van der Waals surface area contributed by atoms with Crippen molar-refractivity contribution in [1.29, 1.82) is 5.41 Å². The minimum absolute atomic E-state index is 0.338. The van der Waals surface area contributed by atoms with Crippen LogP contribution < -0.4 is 0 Å². The van der Waals surface area contributed by atoms with Crippen LogP contribution in [0.5, 0.6) is 0 Å². The van der Waals surface area contributed by atoms with Crippen LogP contribution in [0.3, 0.4) is 0 Å². The standard InChI is InChI=1S/C9H14N2/c1-4-7-8-11(6-3)9(10)5-2/h5-8,10H,2-4H2,1H3/b8-7-,10-9?. The average molecular weight is 150 g/mol. The lowest BCUT2D eigenvalue weighted by molar-refractivity contribution is 0.755. The molecule has 0 fully saturated rings. The summed E-state index contributed by atoms with van der Waals surface area (Å²) in [6.07, 6.45) is 7.77. The van der Waals surface area contributed by atoms with E-state index in [4.69, 9.17) is 5.41 Å². The first-order valence-electron chi connectivity index (χ1n) is 3.54. The molecule has 2 nitrogen and oxygen atoms in total. The number of hydrogen-bond donors (Lipinski definition) is 1. The molecule has 0 aliphatic carbocycles. The topological polar surface area (TPSA) is 27.1 Å². The maximum atomic E-state index is 7.36.